The number of hydrogen-bond acceptors (Lipinski definition) is 4. The molecule has 3 atom stereocenters. The predicted molar refractivity (Wildman–Crippen MR) is 70.9 cm³/mol. The maximum absolute atomic E-state index is 12.2. The van der Waals surface area contributed by atoms with Crippen LogP contribution in [-0.4, -0.2) is 35.2 Å². The summed E-state index contributed by atoms with van der Waals surface area (Å²) in [6.07, 6.45) is -0.106. The van der Waals surface area contributed by atoms with E-state index in [1.807, 2.05) is 37.3 Å². The van der Waals surface area contributed by atoms with E-state index in [1.54, 1.807) is 6.92 Å². The quantitative estimate of drug-likeness (QED) is 0.613. The number of esters is 1. The van der Waals surface area contributed by atoms with Gasteiger partial charge in [-0.2, -0.15) is 0 Å². The Labute approximate surface area is 117 Å². The van der Waals surface area contributed by atoms with Crippen LogP contribution >= 0.6 is 0 Å². The molecule has 5 heteroatoms. The highest BCUT2D eigenvalue weighted by molar-refractivity contribution is 5.95. The largest absolute Gasteiger partial charge is 0.461 e. The molecule has 5 nitrogen and oxygen atoms in total. The van der Waals surface area contributed by atoms with E-state index < -0.39 is 11.6 Å². The third-order valence-corrected chi connectivity index (χ3v) is 3.91. The predicted octanol–water partition coefficient (Wildman–Crippen LogP) is 2.27. The maximum atomic E-state index is 12.2. The van der Waals surface area contributed by atoms with Crippen LogP contribution in [0.25, 0.3) is 0 Å². The number of nitrogens with zero attached hydrogens (tertiary/aromatic N) is 1. The van der Waals surface area contributed by atoms with Crippen LogP contribution < -0.4 is 0 Å². The van der Waals surface area contributed by atoms with Crippen molar-refractivity contribution in [2.45, 2.75) is 38.0 Å². The molecule has 0 radical (unpaired) electrons. The minimum Gasteiger partial charge on any atom is -0.461 e. The molecule has 1 aromatic rings. The third kappa shape index (κ3) is 1.69. The van der Waals surface area contributed by atoms with E-state index in [-0.39, 0.29) is 24.7 Å². The van der Waals surface area contributed by atoms with Crippen molar-refractivity contribution >= 4 is 12.1 Å². The lowest BCUT2D eigenvalue weighted by Gasteiger charge is -2.06. The van der Waals surface area contributed by atoms with Gasteiger partial charge in [0.05, 0.1) is 12.6 Å². The zero-order valence-electron chi connectivity index (χ0n) is 11.5. The molecule has 1 spiro atoms. The van der Waals surface area contributed by atoms with Crippen molar-refractivity contribution in [3.8, 4) is 0 Å². The topological polar surface area (TPSA) is 55.6 Å². The van der Waals surface area contributed by atoms with E-state index in [0.717, 1.165) is 5.56 Å². The third-order valence-electron chi connectivity index (χ3n) is 3.91. The van der Waals surface area contributed by atoms with E-state index in [4.69, 9.17) is 9.47 Å². The standard InChI is InChI=1S/C15H17NO4/c1-3-19-14(18)16-12(11-7-5-4-6-8-11)15(16)9-10(2)20-13(15)17/h4-8,10,12H,3,9H2,1-2H3/t10-,12+,15-,16?/m0/s1. The molecule has 1 aromatic carbocycles. The molecule has 2 saturated heterocycles. The van der Waals surface area contributed by atoms with Crippen LogP contribution in [0.5, 0.6) is 0 Å². The SMILES string of the molecule is CCOC(=O)N1[C@H](c2ccccc2)[C@]12C[C@H](C)OC2=O. The summed E-state index contributed by atoms with van der Waals surface area (Å²) in [6.45, 7) is 3.88. The van der Waals surface area contributed by atoms with Gasteiger partial charge in [0, 0.05) is 6.42 Å². The van der Waals surface area contributed by atoms with Gasteiger partial charge < -0.3 is 9.47 Å². The first-order chi connectivity index (χ1) is 9.61. The fraction of sp³-hybridized carbons (Fsp3) is 0.467. The number of cyclic esters (lactones) is 1. The Morgan fingerprint density at radius 2 is 2.15 bits per heavy atom. The molecule has 0 unspecified atom stereocenters. The second-order valence-electron chi connectivity index (χ2n) is 5.23. The Balaban J connectivity index is 1.95. The van der Waals surface area contributed by atoms with Gasteiger partial charge in [0.25, 0.3) is 0 Å². The molecular formula is C15H17NO4. The maximum Gasteiger partial charge on any atom is 0.411 e. The summed E-state index contributed by atoms with van der Waals surface area (Å²) in [5.74, 6) is -0.327. The van der Waals surface area contributed by atoms with Gasteiger partial charge in [0.15, 0.2) is 5.54 Å². The fourth-order valence-electron chi connectivity index (χ4n) is 3.12. The van der Waals surface area contributed by atoms with Crippen LogP contribution in [0, 0.1) is 0 Å². The first-order valence-corrected chi connectivity index (χ1v) is 6.83. The monoisotopic (exact) mass is 275 g/mol. The van der Waals surface area contributed by atoms with Gasteiger partial charge in [0.1, 0.15) is 6.10 Å². The Kier molecular flexibility index (Phi) is 2.92. The summed E-state index contributed by atoms with van der Waals surface area (Å²) in [4.78, 5) is 25.8. The van der Waals surface area contributed by atoms with Crippen molar-refractivity contribution in [3.63, 3.8) is 0 Å². The molecule has 106 valence electrons. The fourth-order valence-corrected chi connectivity index (χ4v) is 3.12. The minimum absolute atomic E-state index is 0.173. The molecule has 1 amide bonds. The van der Waals surface area contributed by atoms with Gasteiger partial charge in [-0.15, -0.1) is 0 Å². The number of ether oxygens (including phenoxy) is 2. The van der Waals surface area contributed by atoms with Gasteiger partial charge in [-0.1, -0.05) is 30.3 Å². The zero-order chi connectivity index (χ0) is 14.3. The molecule has 2 heterocycles. The summed E-state index contributed by atoms with van der Waals surface area (Å²) < 4.78 is 10.3. The molecular weight excluding hydrogens is 258 g/mol. The van der Waals surface area contributed by atoms with Crippen LogP contribution in [0.2, 0.25) is 0 Å². The lowest BCUT2D eigenvalue weighted by molar-refractivity contribution is -0.143. The summed E-state index contributed by atoms with van der Waals surface area (Å²) in [5.41, 5.74) is 0.0686. The second kappa shape index (κ2) is 4.51. The van der Waals surface area contributed by atoms with Crippen molar-refractivity contribution in [1.29, 1.82) is 0 Å². The molecule has 2 aliphatic rings. The van der Waals surface area contributed by atoms with Crippen LogP contribution in [0.3, 0.4) is 0 Å². The van der Waals surface area contributed by atoms with E-state index in [1.165, 1.54) is 4.90 Å². The second-order valence-corrected chi connectivity index (χ2v) is 5.23. The van der Waals surface area contributed by atoms with Crippen LogP contribution in [0.4, 0.5) is 4.79 Å². The summed E-state index contributed by atoms with van der Waals surface area (Å²) >= 11 is 0. The normalized spacial score (nSPS) is 31.3. The Morgan fingerprint density at radius 3 is 2.70 bits per heavy atom. The average molecular weight is 275 g/mol. The molecule has 0 N–H and O–H groups in total. The van der Waals surface area contributed by atoms with Crippen molar-refractivity contribution < 1.29 is 19.1 Å². The van der Waals surface area contributed by atoms with Crippen LogP contribution in [0.15, 0.2) is 30.3 Å². The highest BCUT2D eigenvalue weighted by Gasteiger charge is 2.75. The van der Waals surface area contributed by atoms with Crippen molar-refractivity contribution in [1.82, 2.24) is 4.90 Å². The average Bonchev–Trinajstić information content (AvgIpc) is 3.00. The van der Waals surface area contributed by atoms with Crippen molar-refractivity contribution in [3.05, 3.63) is 35.9 Å². The molecule has 2 aliphatic heterocycles. The summed E-state index contributed by atoms with van der Waals surface area (Å²) in [7, 11) is 0. The van der Waals surface area contributed by atoms with E-state index in [9.17, 15) is 9.59 Å². The van der Waals surface area contributed by atoms with Crippen LogP contribution in [0.1, 0.15) is 31.9 Å². The number of benzene rings is 1. The number of carbonyl (C=O) groups excluding carboxylic acids is 2. The van der Waals surface area contributed by atoms with Gasteiger partial charge in [-0.25, -0.2) is 9.59 Å². The van der Waals surface area contributed by atoms with Gasteiger partial charge >= 0.3 is 12.1 Å². The Hall–Kier alpha value is -2.04. The molecule has 0 bridgehead atoms. The van der Waals surface area contributed by atoms with Gasteiger partial charge in [0.2, 0.25) is 0 Å². The molecule has 2 fully saturated rings. The molecule has 20 heavy (non-hydrogen) atoms. The lowest BCUT2D eigenvalue weighted by Crippen LogP contribution is -2.28. The van der Waals surface area contributed by atoms with Crippen molar-refractivity contribution in [2.24, 2.45) is 0 Å². The first-order valence-electron chi connectivity index (χ1n) is 6.83. The number of rotatable bonds is 2. The smallest absolute Gasteiger partial charge is 0.411 e. The molecule has 0 saturated carbocycles. The highest BCUT2D eigenvalue weighted by Crippen LogP contribution is 2.59. The molecule has 3 rings (SSSR count). The molecule has 0 aromatic heterocycles. The van der Waals surface area contributed by atoms with Gasteiger partial charge in [-0.05, 0) is 19.4 Å². The Bertz CT molecular complexity index is 544. The van der Waals surface area contributed by atoms with E-state index in [2.05, 4.69) is 0 Å². The number of amides is 1. The van der Waals surface area contributed by atoms with E-state index >= 15 is 0 Å². The van der Waals surface area contributed by atoms with Gasteiger partial charge in [-0.3, -0.25) is 4.90 Å². The summed E-state index contributed by atoms with van der Waals surface area (Å²) in [5, 5.41) is 0. The van der Waals surface area contributed by atoms with E-state index in [0.29, 0.717) is 6.42 Å². The zero-order valence-corrected chi connectivity index (χ0v) is 11.5. The lowest BCUT2D eigenvalue weighted by atomic mass is 9.96. The van der Waals surface area contributed by atoms with Crippen LogP contribution in [-0.2, 0) is 14.3 Å². The number of carbonyl (C=O) groups is 2. The Morgan fingerprint density at radius 1 is 1.45 bits per heavy atom. The summed E-state index contributed by atoms with van der Waals surface area (Å²) in [6, 6.07) is 9.26. The van der Waals surface area contributed by atoms with Crippen molar-refractivity contribution in [2.75, 3.05) is 6.61 Å². The first kappa shape index (κ1) is 13.0. The number of hydrogen-bond donors (Lipinski definition) is 0. The minimum atomic E-state index is -0.868. The molecule has 0 aliphatic carbocycles. The highest BCUT2D eigenvalue weighted by atomic mass is 16.6.